The fourth-order valence-electron chi connectivity index (χ4n) is 3.59. The molecule has 1 amide bonds. The third kappa shape index (κ3) is 2.40. The summed E-state index contributed by atoms with van der Waals surface area (Å²) in [7, 11) is 2.02. The normalized spacial score (nSPS) is 26.6. The van der Waals surface area contributed by atoms with E-state index in [1.54, 1.807) is 0 Å². The third-order valence-electron chi connectivity index (χ3n) is 4.66. The highest BCUT2D eigenvalue weighted by Gasteiger charge is 2.31. The van der Waals surface area contributed by atoms with Crippen molar-refractivity contribution in [2.75, 3.05) is 19.0 Å². The minimum Gasteiger partial charge on any atom is -0.482 e. The zero-order chi connectivity index (χ0) is 14.1. The van der Waals surface area contributed by atoms with Crippen LogP contribution in [0.5, 0.6) is 5.75 Å². The average Bonchev–Trinajstić information content (AvgIpc) is 2.86. The van der Waals surface area contributed by atoms with Crippen LogP contribution in [-0.2, 0) is 4.79 Å². The molecule has 1 aromatic rings. The maximum Gasteiger partial charge on any atom is 0.262 e. The second kappa shape index (κ2) is 5.44. The lowest BCUT2D eigenvalue weighted by Gasteiger charge is -2.28. The number of anilines is 1. The van der Waals surface area contributed by atoms with E-state index in [1.165, 1.54) is 24.8 Å². The summed E-state index contributed by atoms with van der Waals surface area (Å²) in [6.07, 6.45) is 3.90. The molecule has 1 heterocycles. The lowest BCUT2D eigenvalue weighted by molar-refractivity contribution is -0.118. The van der Waals surface area contributed by atoms with E-state index in [0.29, 0.717) is 12.0 Å². The van der Waals surface area contributed by atoms with Gasteiger partial charge in [0.1, 0.15) is 5.75 Å². The molecular formula is C16H22N2O2. The fraction of sp³-hybridized carbons (Fsp3) is 0.562. The van der Waals surface area contributed by atoms with E-state index in [0.717, 1.165) is 17.4 Å². The number of amides is 1. The molecule has 1 aromatic carbocycles. The van der Waals surface area contributed by atoms with E-state index >= 15 is 0 Å². The number of fused-ring (bicyclic) bond motifs is 1. The van der Waals surface area contributed by atoms with E-state index in [1.807, 2.05) is 13.1 Å². The van der Waals surface area contributed by atoms with Crippen molar-refractivity contribution in [3.8, 4) is 5.75 Å². The maximum absolute atomic E-state index is 11.4. The molecule has 3 rings (SSSR count). The zero-order valence-electron chi connectivity index (χ0n) is 12.1. The SMILES string of the molecule is CNC(c1ccc2c(c1)NC(=O)CO2)C1CCCC1C. The Morgan fingerprint density at radius 2 is 2.25 bits per heavy atom. The second-order valence-electron chi connectivity index (χ2n) is 5.93. The van der Waals surface area contributed by atoms with Crippen molar-refractivity contribution in [3.05, 3.63) is 23.8 Å². The average molecular weight is 274 g/mol. The topological polar surface area (TPSA) is 50.4 Å². The molecule has 0 saturated heterocycles. The van der Waals surface area contributed by atoms with Crippen LogP contribution in [0.3, 0.4) is 0 Å². The summed E-state index contributed by atoms with van der Waals surface area (Å²) in [6, 6.07) is 6.48. The summed E-state index contributed by atoms with van der Waals surface area (Å²) in [6.45, 7) is 2.45. The van der Waals surface area contributed by atoms with Crippen molar-refractivity contribution >= 4 is 11.6 Å². The first-order valence-electron chi connectivity index (χ1n) is 7.43. The predicted octanol–water partition coefficient (Wildman–Crippen LogP) is 2.71. The van der Waals surface area contributed by atoms with Gasteiger partial charge in [0.15, 0.2) is 6.61 Å². The molecule has 4 nitrogen and oxygen atoms in total. The van der Waals surface area contributed by atoms with Gasteiger partial charge in [-0.3, -0.25) is 4.79 Å². The van der Waals surface area contributed by atoms with Crippen LogP contribution in [0, 0.1) is 11.8 Å². The van der Waals surface area contributed by atoms with E-state index < -0.39 is 0 Å². The molecule has 1 fully saturated rings. The van der Waals surface area contributed by atoms with Crippen molar-refractivity contribution in [1.82, 2.24) is 5.32 Å². The van der Waals surface area contributed by atoms with E-state index in [9.17, 15) is 4.79 Å². The van der Waals surface area contributed by atoms with Gasteiger partial charge in [0.2, 0.25) is 0 Å². The predicted molar refractivity (Wildman–Crippen MR) is 78.9 cm³/mol. The first-order chi connectivity index (χ1) is 9.69. The second-order valence-corrected chi connectivity index (χ2v) is 5.93. The van der Waals surface area contributed by atoms with Gasteiger partial charge in [-0.1, -0.05) is 25.8 Å². The highest BCUT2D eigenvalue weighted by Crippen LogP contribution is 2.41. The van der Waals surface area contributed by atoms with Crippen LogP contribution in [-0.4, -0.2) is 19.6 Å². The van der Waals surface area contributed by atoms with Crippen molar-refractivity contribution in [2.24, 2.45) is 11.8 Å². The molecule has 0 bridgehead atoms. The zero-order valence-corrected chi connectivity index (χ0v) is 12.1. The number of carbonyl (C=O) groups excluding carboxylic acids is 1. The first-order valence-corrected chi connectivity index (χ1v) is 7.43. The summed E-state index contributed by atoms with van der Waals surface area (Å²) in [5, 5.41) is 6.34. The summed E-state index contributed by atoms with van der Waals surface area (Å²) >= 11 is 0. The van der Waals surface area contributed by atoms with Gasteiger partial charge in [-0.25, -0.2) is 0 Å². The Morgan fingerprint density at radius 3 is 2.95 bits per heavy atom. The molecule has 3 atom stereocenters. The number of carbonyl (C=O) groups is 1. The molecule has 20 heavy (non-hydrogen) atoms. The first kappa shape index (κ1) is 13.4. The summed E-state index contributed by atoms with van der Waals surface area (Å²) in [5.74, 6) is 2.10. The van der Waals surface area contributed by atoms with Crippen molar-refractivity contribution in [1.29, 1.82) is 0 Å². The standard InChI is InChI=1S/C16H22N2O2/c1-10-4-3-5-12(10)16(17-2)11-6-7-14-13(8-11)18-15(19)9-20-14/h6-8,10,12,16-17H,3-5,9H2,1-2H3,(H,18,19). The molecular weight excluding hydrogens is 252 g/mol. The van der Waals surface area contributed by atoms with Crippen molar-refractivity contribution < 1.29 is 9.53 Å². The van der Waals surface area contributed by atoms with Crippen LogP contribution in [0.15, 0.2) is 18.2 Å². The molecule has 1 aliphatic carbocycles. The Labute approximate surface area is 119 Å². The Bertz CT molecular complexity index is 515. The smallest absolute Gasteiger partial charge is 0.262 e. The minimum absolute atomic E-state index is 0.0788. The lowest BCUT2D eigenvalue weighted by Crippen LogP contribution is -2.28. The van der Waals surface area contributed by atoms with Crippen LogP contribution in [0.2, 0.25) is 0 Å². The largest absolute Gasteiger partial charge is 0.482 e. The molecule has 4 heteroatoms. The molecule has 1 aliphatic heterocycles. The summed E-state index contributed by atoms with van der Waals surface area (Å²) < 4.78 is 5.42. The van der Waals surface area contributed by atoms with Gasteiger partial charge in [0.05, 0.1) is 5.69 Å². The van der Waals surface area contributed by atoms with Crippen LogP contribution in [0.4, 0.5) is 5.69 Å². The maximum atomic E-state index is 11.4. The van der Waals surface area contributed by atoms with Gasteiger partial charge in [-0.2, -0.15) is 0 Å². The van der Waals surface area contributed by atoms with Crippen molar-refractivity contribution in [2.45, 2.75) is 32.2 Å². The monoisotopic (exact) mass is 274 g/mol. The highest BCUT2D eigenvalue weighted by atomic mass is 16.5. The molecule has 108 valence electrons. The Balaban J connectivity index is 1.88. The molecule has 2 aliphatic rings. The quantitative estimate of drug-likeness (QED) is 0.891. The van der Waals surface area contributed by atoms with Crippen LogP contribution >= 0.6 is 0 Å². The lowest BCUT2D eigenvalue weighted by atomic mass is 9.86. The van der Waals surface area contributed by atoms with Gasteiger partial charge in [0.25, 0.3) is 5.91 Å². The number of nitrogens with one attached hydrogen (secondary N) is 2. The van der Waals surface area contributed by atoms with Gasteiger partial charge < -0.3 is 15.4 Å². The van der Waals surface area contributed by atoms with Gasteiger partial charge in [-0.15, -0.1) is 0 Å². The highest BCUT2D eigenvalue weighted by molar-refractivity contribution is 5.95. The van der Waals surface area contributed by atoms with E-state index in [2.05, 4.69) is 29.7 Å². The molecule has 0 spiro atoms. The summed E-state index contributed by atoms with van der Waals surface area (Å²) in [4.78, 5) is 11.4. The van der Waals surface area contributed by atoms with Crippen LogP contribution < -0.4 is 15.4 Å². The number of rotatable bonds is 3. The van der Waals surface area contributed by atoms with E-state index in [4.69, 9.17) is 4.74 Å². The molecule has 0 radical (unpaired) electrons. The Morgan fingerprint density at radius 1 is 1.40 bits per heavy atom. The number of benzene rings is 1. The van der Waals surface area contributed by atoms with E-state index in [-0.39, 0.29) is 12.5 Å². The molecule has 0 aromatic heterocycles. The van der Waals surface area contributed by atoms with Crippen LogP contribution in [0.1, 0.15) is 37.8 Å². The Hall–Kier alpha value is -1.55. The van der Waals surface area contributed by atoms with Crippen LogP contribution in [0.25, 0.3) is 0 Å². The Kier molecular flexibility index (Phi) is 3.66. The number of ether oxygens (including phenoxy) is 1. The fourth-order valence-corrected chi connectivity index (χ4v) is 3.59. The number of hydrogen-bond acceptors (Lipinski definition) is 3. The minimum atomic E-state index is -0.0788. The number of hydrogen-bond donors (Lipinski definition) is 2. The third-order valence-corrected chi connectivity index (χ3v) is 4.66. The van der Waals surface area contributed by atoms with Gasteiger partial charge in [0, 0.05) is 6.04 Å². The van der Waals surface area contributed by atoms with Crippen molar-refractivity contribution in [3.63, 3.8) is 0 Å². The van der Waals surface area contributed by atoms with Gasteiger partial charge >= 0.3 is 0 Å². The van der Waals surface area contributed by atoms with Gasteiger partial charge in [-0.05, 0) is 43.0 Å². The molecule has 1 saturated carbocycles. The summed E-state index contributed by atoms with van der Waals surface area (Å²) in [5.41, 5.74) is 2.03. The molecule has 3 unspecified atom stereocenters. The molecule has 2 N–H and O–H groups in total.